The highest BCUT2D eigenvalue weighted by Gasteiger charge is 2.50. The van der Waals surface area contributed by atoms with Crippen LogP contribution in [-0.2, 0) is 22.7 Å². The molecular formula is C26H32FN5O4S. The lowest BCUT2D eigenvalue weighted by atomic mass is 10.0. The summed E-state index contributed by atoms with van der Waals surface area (Å²) in [6.45, 7) is 0.700. The Morgan fingerprint density at radius 1 is 1.11 bits per heavy atom. The number of thioether (sulfide) groups is 1. The summed E-state index contributed by atoms with van der Waals surface area (Å²) in [5.41, 5.74) is 1.68. The lowest BCUT2D eigenvalue weighted by Gasteiger charge is -2.54. The second kappa shape index (κ2) is 11.8. The fourth-order valence-electron chi connectivity index (χ4n) is 4.77. The summed E-state index contributed by atoms with van der Waals surface area (Å²) in [7, 11) is 3.29. The van der Waals surface area contributed by atoms with Crippen molar-refractivity contribution in [1.29, 1.82) is 0 Å². The molecule has 4 amide bonds. The molecule has 2 saturated heterocycles. The molecule has 1 N–H and O–H groups in total. The number of carbonyl (C=O) groups is 3. The van der Waals surface area contributed by atoms with E-state index in [1.165, 1.54) is 17.1 Å². The summed E-state index contributed by atoms with van der Waals surface area (Å²) in [5, 5.41) is 6.07. The highest BCUT2D eigenvalue weighted by molar-refractivity contribution is 7.98. The van der Waals surface area contributed by atoms with E-state index in [0.717, 1.165) is 16.9 Å². The first-order valence-corrected chi connectivity index (χ1v) is 13.5. The van der Waals surface area contributed by atoms with E-state index in [9.17, 15) is 18.8 Å². The molecule has 0 radical (unpaired) electrons. The smallest absolute Gasteiger partial charge is 0.334 e. The number of methoxy groups -OCH3 is 1. The predicted molar refractivity (Wildman–Crippen MR) is 139 cm³/mol. The molecule has 37 heavy (non-hydrogen) atoms. The van der Waals surface area contributed by atoms with Gasteiger partial charge in [-0.05, 0) is 53.8 Å². The third kappa shape index (κ3) is 5.99. The number of amides is 4. The fraction of sp³-hybridized carbons (Fsp3) is 0.423. The van der Waals surface area contributed by atoms with E-state index in [1.54, 1.807) is 52.9 Å². The topological polar surface area (TPSA) is 85.4 Å². The first-order chi connectivity index (χ1) is 17.8. The third-order valence-electron chi connectivity index (χ3n) is 6.63. The zero-order valence-corrected chi connectivity index (χ0v) is 22.0. The molecule has 0 unspecified atom stereocenters. The number of ether oxygens (including phenoxy) is 1. The number of hydrogen-bond acceptors (Lipinski definition) is 6. The average Bonchev–Trinajstić information content (AvgIpc) is 2.89. The molecule has 0 spiro atoms. The predicted octanol–water partition coefficient (Wildman–Crippen LogP) is 2.53. The van der Waals surface area contributed by atoms with Gasteiger partial charge in [-0.15, -0.1) is 0 Å². The van der Waals surface area contributed by atoms with Crippen LogP contribution in [0.2, 0.25) is 0 Å². The third-order valence-corrected chi connectivity index (χ3v) is 7.28. The maximum Gasteiger partial charge on any atom is 0.334 e. The van der Waals surface area contributed by atoms with Crippen molar-refractivity contribution in [3.8, 4) is 5.75 Å². The number of hydrazine groups is 1. The molecule has 0 bridgehead atoms. The molecule has 0 aromatic heterocycles. The fourth-order valence-corrected chi connectivity index (χ4v) is 5.22. The second-order valence-corrected chi connectivity index (χ2v) is 10.1. The number of likely N-dealkylation sites (N-methyl/N-ethyl adjacent to an activating group) is 1. The Bertz CT molecular complexity index is 1120. The van der Waals surface area contributed by atoms with Crippen LogP contribution in [0.25, 0.3) is 0 Å². The van der Waals surface area contributed by atoms with Gasteiger partial charge in [0.05, 0.1) is 20.2 Å². The molecule has 2 heterocycles. The first-order valence-electron chi connectivity index (χ1n) is 12.1. The number of fused-ring (bicyclic) bond motifs is 1. The summed E-state index contributed by atoms with van der Waals surface area (Å²) in [5.74, 6) is 0.719. The van der Waals surface area contributed by atoms with Crippen molar-refractivity contribution in [1.82, 2.24) is 25.1 Å². The zero-order chi connectivity index (χ0) is 26.5. The maximum atomic E-state index is 13.5. The summed E-state index contributed by atoms with van der Waals surface area (Å²) < 4.78 is 18.6. The molecule has 198 valence electrons. The van der Waals surface area contributed by atoms with Gasteiger partial charge in [-0.2, -0.15) is 11.8 Å². The Labute approximate surface area is 220 Å². The molecule has 2 fully saturated rings. The lowest BCUT2D eigenvalue weighted by molar-refractivity contribution is -0.187. The lowest BCUT2D eigenvalue weighted by Crippen LogP contribution is -2.75. The number of urea groups is 1. The van der Waals surface area contributed by atoms with Gasteiger partial charge in [0.15, 0.2) is 0 Å². The van der Waals surface area contributed by atoms with Crippen molar-refractivity contribution < 1.29 is 23.5 Å². The number of nitrogens with one attached hydrogen (secondary N) is 1. The van der Waals surface area contributed by atoms with E-state index in [1.807, 2.05) is 30.5 Å². The van der Waals surface area contributed by atoms with Gasteiger partial charge in [0.2, 0.25) is 11.8 Å². The maximum absolute atomic E-state index is 13.5. The van der Waals surface area contributed by atoms with Gasteiger partial charge in [-0.25, -0.2) is 19.2 Å². The normalized spacial score (nSPS) is 20.2. The minimum absolute atomic E-state index is 0.00648. The molecule has 2 atom stereocenters. The van der Waals surface area contributed by atoms with E-state index >= 15 is 0 Å². The molecular weight excluding hydrogens is 497 g/mol. The highest BCUT2D eigenvalue weighted by atomic mass is 32.2. The number of halogens is 1. The molecule has 2 aromatic carbocycles. The van der Waals surface area contributed by atoms with Gasteiger partial charge in [0, 0.05) is 20.1 Å². The molecule has 2 aromatic rings. The quantitative estimate of drug-likeness (QED) is 0.566. The standard InChI is InChI=1S/C26H32FN5O4S/c1-29-17-24(33)31-22(12-13-37-3)25(34)30(15-19-4-8-20(27)9-5-19)16-23(31)32(29)26(35)28-14-18-6-10-21(36-2)11-7-18/h4-11,22-23H,12-17H2,1-3H3,(H,28,35)/t22-,23-/m0/s1. The minimum Gasteiger partial charge on any atom is -0.497 e. The molecule has 2 aliphatic heterocycles. The van der Waals surface area contributed by atoms with E-state index in [2.05, 4.69) is 5.32 Å². The van der Waals surface area contributed by atoms with Crippen molar-refractivity contribution in [2.75, 3.05) is 39.3 Å². The van der Waals surface area contributed by atoms with E-state index in [4.69, 9.17) is 4.74 Å². The van der Waals surface area contributed by atoms with Gasteiger partial charge in [-0.3, -0.25) is 9.59 Å². The first kappa shape index (κ1) is 26.7. The number of carbonyl (C=O) groups excluding carboxylic acids is 3. The Morgan fingerprint density at radius 3 is 2.43 bits per heavy atom. The van der Waals surface area contributed by atoms with Crippen molar-refractivity contribution in [2.45, 2.75) is 31.7 Å². The van der Waals surface area contributed by atoms with Crippen LogP contribution in [0.3, 0.4) is 0 Å². The van der Waals surface area contributed by atoms with Crippen molar-refractivity contribution in [2.24, 2.45) is 0 Å². The molecule has 4 rings (SSSR count). The van der Waals surface area contributed by atoms with E-state index in [-0.39, 0.29) is 43.3 Å². The monoisotopic (exact) mass is 529 g/mol. The number of benzene rings is 2. The van der Waals surface area contributed by atoms with Gasteiger partial charge in [-0.1, -0.05) is 24.3 Å². The van der Waals surface area contributed by atoms with Crippen LogP contribution >= 0.6 is 11.8 Å². The Kier molecular flexibility index (Phi) is 8.55. The molecule has 2 aliphatic rings. The van der Waals surface area contributed by atoms with Gasteiger partial charge < -0.3 is 19.9 Å². The molecule has 0 saturated carbocycles. The minimum atomic E-state index is -0.676. The Hall–Kier alpha value is -3.31. The molecule has 11 heteroatoms. The van der Waals surface area contributed by atoms with Crippen LogP contribution in [0, 0.1) is 5.82 Å². The average molecular weight is 530 g/mol. The second-order valence-electron chi connectivity index (χ2n) is 9.09. The van der Waals surface area contributed by atoms with Crippen LogP contribution < -0.4 is 10.1 Å². The van der Waals surface area contributed by atoms with Gasteiger partial charge >= 0.3 is 6.03 Å². The highest BCUT2D eigenvalue weighted by Crippen LogP contribution is 2.29. The largest absolute Gasteiger partial charge is 0.497 e. The number of hydrogen-bond donors (Lipinski definition) is 1. The summed E-state index contributed by atoms with van der Waals surface area (Å²) in [6, 6.07) is 12.4. The number of rotatable bonds is 8. The van der Waals surface area contributed by atoms with Gasteiger partial charge in [0.1, 0.15) is 23.8 Å². The number of nitrogens with zero attached hydrogens (tertiary/aromatic N) is 4. The van der Waals surface area contributed by atoms with Crippen LogP contribution in [0.15, 0.2) is 48.5 Å². The summed E-state index contributed by atoms with van der Waals surface area (Å²) in [4.78, 5) is 43.4. The van der Waals surface area contributed by atoms with Crippen molar-refractivity contribution in [3.05, 3.63) is 65.5 Å². The van der Waals surface area contributed by atoms with Crippen LogP contribution in [0.1, 0.15) is 17.5 Å². The Balaban J connectivity index is 1.57. The molecule has 9 nitrogen and oxygen atoms in total. The van der Waals surface area contributed by atoms with Crippen molar-refractivity contribution >= 4 is 29.6 Å². The SMILES string of the molecule is COc1ccc(CNC(=O)N2[C@H]3CN(Cc4ccc(F)cc4)C(=O)[C@H](CCSC)N3C(=O)CN2C)cc1. The van der Waals surface area contributed by atoms with E-state index in [0.29, 0.717) is 18.7 Å². The molecule has 0 aliphatic carbocycles. The summed E-state index contributed by atoms with van der Waals surface area (Å²) in [6.07, 6.45) is 1.77. The zero-order valence-electron chi connectivity index (χ0n) is 21.2. The van der Waals surface area contributed by atoms with Crippen molar-refractivity contribution in [3.63, 3.8) is 0 Å². The Morgan fingerprint density at radius 2 is 1.78 bits per heavy atom. The summed E-state index contributed by atoms with van der Waals surface area (Å²) >= 11 is 1.60. The van der Waals surface area contributed by atoms with Gasteiger partial charge in [0.25, 0.3) is 0 Å². The number of piperazine rings is 1. The van der Waals surface area contributed by atoms with Crippen LogP contribution in [0.4, 0.5) is 9.18 Å². The van der Waals surface area contributed by atoms with Crippen LogP contribution in [0.5, 0.6) is 5.75 Å². The van der Waals surface area contributed by atoms with Crippen LogP contribution in [-0.4, -0.2) is 89.1 Å². The van der Waals surface area contributed by atoms with E-state index < -0.39 is 12.2 Å².